The summed E-state index contributed by atoms with van der Waals surface area (Å²) >= 11 is 5.30. The molecule has 0 aliphatic rings. The van der Waals surface area contributed by atoms with Crippen molar-refractivity contribution in [3.63, 3.8) is 0 Å². The predicted octanol–water partition coefficient (Wildman–Crippen LogP) is 5.25. The van der Waals surface area contributed by atoms with E-state index in [-0.39, 0.29) is 16.9 Å². The number of carbonyl (C=O) groups excluding carboxylic acids is 2. The number of ether oxygens (including phenoxy) is 1. The molecule has 32 heavy (non-hydrogen) atoms. The molecule has 7 heteroatoms. The summed E-state index contributed by atoms with van der Waals surface area (Å²) < 4.78 is 5.73. The van der Waals surface area contributed by atoms with Gasteiger partial charge >= 0.3 is 0 Å². The van der Waals surface area contributed by atoms with Gasteiger partial charge in [0.25, 0.3) is 11.8 Å². The summed E-state index contributed by atoms with van der Waals surface area (Å²) in [5.74, 6) is 0.222. The lowest BCUT2D eigenvalue weighted by Gasteiger charge is -2.21. The highest BCUT2D eigenvalue weighted by Crippen LogP contribution is 2.18. The van der Waals surface area contributed by atoms with E-state index in [1.165, 1.54) is 0 Å². The number of benzene rings is 2. The molecule has 0 aromatic heterocycles. The number of para-hydroxylation sites is 1. The van der Waals surface area contributed by atoms with E-state index in [0.717, 1.165) is 38.8 Å². The van der Waals surface area contributed by atoms with Gasteiger partial charge in [0.05, 0.1) is 12.2 Å². The Labute approximate surface area is 196 Å². The van der Waals surface area contributed by atoms with Crippen LogP contribution in [0.3, 0.4) is 0 Å². The van der Waals surface area contributed by atoms with Gasteiger partial charge in [-0.3, -0.25) is 14.9 Å². The van der Waals surface area contributed by atoms with Gasteiger partial charge < -0.3 is 15.0 Å². The molecule has 0 saturated heterocycles. The summed E-state index contributed by atoms with van der Waals surface area (Å²) in [6.45, 7) is 8.25. The SMILES string of the molecule is CCCCOc1ccccc1C(=O)NC(=S)Nc1ccc(C(=O)N(CCC)CCC)cc1. The van der Waals surface area contributed by atoms with E-state index >= 15 is 0 Å². The number of anilines is 1. The van der Waals surface area contributed by atoms with E-state index in [1.54, 1.807) is 42.5 Å². The smallest absolute Gasteiger partial charge is 0.261 e. The summed E-state index contributed by atoms with van der Waals surface area (Å²) in [6, 6.07) is 14.2. The number of carbonyl (C=O) groups is 2. The molecule has 2 aromatic rings. The van der Waals surface area contributed by atoms with E-state index in [9.17, 15) is 9.59 Å². The van der Waals surface area contributed by atoms with Crippen molar-refractivity contribution in [3.05, 3.63) is 59.7 Å². The summed E-state index contributed by atoms with van der Waals surface area (Å²) in [4.78, 5) is 27.2. The lowest BCUT2D eigenvalue weighted by atomic mass is 10.1. The fourth-order valence-electron chi connectivity index (χ4n) is 3.17. The second kappa shape index (κ2) is 13.5. The molecule has 0 saturated carbocycles. The fraction of sp³-hybridized carbons (Fsp3) is 0.400. The molecule has 2 aromatic carbocycles. The molecule has 0 bridgehead atoms. The predicted molar refractivity (Wildman–Crippen MR) is 133 cm³/mol. The number of nitrogens with zero attached hydrogens (tertiary/aromatic N) is 1. The minimum absolute atomic E-state index is 0.0239. The molecule has 2 amide bonds. The highest BCUT2D eigenvalue weighted by Gasteiger charge is 2.15. The Balaban J connectivity index is 1.97. The molecule has 6 nitrogen and oxygen atoms in total. The number of unbranched alkanes of at least 4 members (excludes halogenated alkanes) is 1. The standard InChI is InChI=1S/C25H33N3O3S/c1-4-7-18-31-22-11-9-8-10-21(22)23(29)27-25(32)26-20-14-12-19(13-15-20)24(30)28(16-5-2)17-6-3/h8-15H,4-7,16-18H2,1-3H3,(H2,26,27,29,32). The van der Waals surface area contributed by atoms with Crippen LogP contribution in [0.5, 0.6) is 5.75 Å². The maximum absolute atomic E-state index is 12.7. The van der Waals surface area contributed by atoms with Gasteiger partial charge in [0.15, 0.2) is 5.11 Å². The topological polar surface area (TPSA) is 70.7 Å². The average molecular weight is 456 g/mol. The molecule has 0 radical (unpaired) electrons. The van der Waals surface area contributed by atoms with Crippen LogP contribution in [0, 0.1) is 0 Å². The van der Waals surface area contributed by atoms with E-state index in [4.69, 9.17) is 17.0 Å². The number of amides is 2. The Morgan fingerprint density at radius 1 is 0.938 bits per heavy atom. The van der Waals surface area contributed by atoms with Crippen LogP contribution >= 0.6 is 12.2 Å². The first-order chi connectivity index (χ1) is 15.5. The van der Waals surface area contributed by atoms with Gasteiger partial charge in [-0.15, -0.1) is 0 Å². The first-order valence-corrected chi connectivity index (χ1v) is 11.6. The van der Waals surface area contributed by atoms with Crippen molar-refractivity contribution in [3.8, 4) is 5.75 Å². The summed E-state index contributed by atoms with van der Waals surface area (Å²) in [5.41, 5.74) is 1.75. The summed E-state index contributed by atoms with van der Waals surface area (Å²) in [5, 5.41) is 5.86. The highest BCUT2D eigenvalue weighted by molar-refractivity contribution is 7.80. The van der Waals surface area contributed by atoms with Gasteiger partial charge in [0.1, 0.15) is 5.75 Å². The zero-order valence-electron chi connectivity index (χ0n) is 19.1. The third kappa shape index (κ3) is 7.64. The van der Waals surface area contributed by atoms with Crippen LogP contribution in [0.2, 0.25) is 0 Å². The largest absolute Gasteiger partial charge is 0.493 e. The molecule has 0 aliphatic heterocycles. The van der Waals surface area contributed by atoms with Crippen LogP contribution in [-0.2, 0) is 0 Å². The second-order valence-electron chi connectivity index (χ2n) is 7.48. The van der Waals surface area contributed by atoms with Gasteiger partial charge in [-0.2, -0.15) is 0 Å². The molecule has 2 rings (SSSR count). The van der Waals surface area contributed by atoms with E-state index < -0.39 is 0 Å². The second-order valence-corrected chi connectivity index (χ2v) is 7.88. The van der Waals surface area contributed by atoms with Crippen molar-refractivity contribution < 1.29 is 14.3 Å². The number of rotatable bonds is 11. The molecule has 172 valence electrons. The summed E-state index contributed by atoms with van der Waals surface area (Å²) in [7, 11) is 0. The van der Waals surface area contributed by atoms with Crippen LogP contribution in [-0.4, -0.2) is 41.5 Å². The molecule has 2 N–H and O–H groups in total. The van der Waals surface area contributed by atoms with Crippen molar-refractivity contribution in [1.82, 2.24) is 10.2 Å². The number of hydrogen-bond donors (Lipinski definition) is 2. The first kappa shape index (κ1) is 25.3. The molecule has 0 unspecified atom stereocenters. The van der Waals surface area contributed by atoms with Crippen molar-refractivity contribution >= 4 is 34.8 Å². The first-order valence-electron chi connectivity index (χ1n) is 11.2. The molecule has 0 spiro atoms. The van der Waals surface area contributed by atoms with Crippen molar-refractivity contribution in [1.29, 1.82) is 0 Å². The lowest BCUT2D eigenvalue weighted by molar-refractivity contribution is 0.0755. The van der Waals surface area contributed by atoms with Crippen LogP contribution in [0.1, 0.15) is 67.2 Å². The van der Waals surface area contributed by atoms with Crippen molar-refractivity contribution in [2.45, 2.75) is 46.5 Å². The van der Waals surface area contributed by atoms with Gasteiger partial charge in [-0.05, 0) is 67.9 Å². The minimum atomic E-state index is -0.337. The molecule has 0 aliphatic carbocycles. The Bertz CT molecular complexity index is 894. The monoisotopic (exact) mass is 455 g/mol. The molecule has 0 fully saturated rings. The molecular weight excluding hydrogens is 422 g/mol. The number of hydrogen-bond acceptors (Lipinski definition) is 4. The van der Waals surface area contributed by atoms with Gasteiger partial charge in [0, 0.05) is 24.3 Å². The van der Waals surface area contributed by atoms with E-state index in [0.29, 0.717) is 29.2 Å². The lowest BCUT2D eigenvalue weighted by Crippen LogP contribution is -2.34. The van der Waals surface area contributed by atoms with Crippen LogP contribution in [0.25, 0.3) is 0 Å². The van der Waals surface area contributed by atoms with Crippen LogP contribution in [0.15, 0.2) is 48.5 Å². The zero-order chi connectivity index (χ0) is 23.3. The summed E-state index contributed by atoms with van der Waals surface area (Å²) in [6.07, 6.45) is 3.78. The maximum Gasteiger partial charge on any atom is 0.261 e. The normalized spacial score (nSPS) is 10.3. The van der Waals surface area contributed by atoms with Crippen molar-refractivity contribution in [2.75, 3.05) is 25.0 Å². The molecular formula is C25H33N3O3S. The average Bonchev–Trinajstić information content (AvgIpc) is 2.79. The Morgan fingerprint density at radius 2 is 1.59 bits per heavy atom. The van der Waals surface area contributed by atoms with Gasteiger partial charge in [-0.1, -0.05) is 39.3 Å². The minimum Gasteiger partial charge on any atom is -0.493 e. The van der Waals surface area contributed by atoms with Crippen molar-refractivity contribution in [2.24, 2.45) is 0 Å². The Hall–Kier alpha value is -2.93. The van der Waals surface area contributed by atoms with Gasteiger partial charge in [-0.25, -0.2) is 0 Å². The quantitative estimate of drug-likeness (QED) is 0.357. The Morgan fingerprint density at radius 3 is 2.22 bits per heavy atom. The van der Waals surface area contributed by atoms with Crippen LogP contribution in [0.4, 0.5) is 5.69 Å². The Kier molecular flexibility index (Phi) is 10.7. The third-order valence-corrected chi connectivity index (χ3v) is 4.98. The van der Waals surface area contributed by atoms with Gasteiger partial charge in [0.2, 0.25) is 0 Å². The molecule has 0 atom stereocenters. The maximum atomic E-state index is 12.7. The van der Waals surface area contributed by atoms with Crippen LogP contribution < -0.4 is 15.4 Å². The van der Waals surface area contributed by atoms with E-state index in [1.807, 2.05) is 11.0 Å². The molecule has 0 heterocycles. The van der Waals surface area contributed by atoms with E-state index in [2.05, 4.69) is 31.4 Å². The third-order valence-electron chi connectivity index (χ3n) is 4.78. The highest BCUT2D eigenvalue weighted by atomic mass is 32.1. The number of nitrogens with one attached hydrogen (secondary N) is 2. The number of thiocarbonyl (C=S) groups is 1. The fourth-order valence-corrected chi connectivity index (χ4v) is 3.38. The zero-order valence-corrected chi connectivity index (χ0v) is 20.0.